The van der Waals surface area contributed by atoms with Crippen LogP contribution in [0.25, 0.3) is 33.6 Å². The van der Waals surface area contributed by atoms with Crippen LogP contribution in [-0.2, 0) is 19.1 Å². The molecule has 1 amide bonds. The molecular weight excluding hydrogens is 561 g/mol. The number of hydrogen-bond acceptors (Lipinski definition) is 6. The smallest absolute Gasteiger partial charge is 0.433 e. The number of nitrogens with zero attached hydrogens (tertiary/aromatic N) is 4. The summed E-state index contributed by atoms with van der Waals surface area (Å²) in [5.74, 6) is 0.164. The van der Waals surface area contributed by atoms with E-state index in [2.05, 4.69) is 25.4 Å². The van der Waals surface area contributed by atoms with E-state index < -0.39 is 18.0 Å². The van der Waals surface area contributed by atoms with Gasteiger partial charge in [-0.05, 0) is 50.7 Å². The third kappa shape index (κ3) is 6.15. The zero-order valence-corrected chi connectivity index (χ0v) is 24.5. The Morgan fingerprint density at radius 2 is 1.95 bits per heavy atom. The summed E-state index contributed by atoms with van der Waals surface area (Å²) < 4.78 is 50.4. The van der Waals surface area contributed by atoms with Crippen LogP contribution in [0.1, 0.15) is 61.8 Å². The lowest BCUT2D eigenvalue weighted by Crippen LogP contribution is -2.39. The van der Waals surface area contributed by atoms with Crippen LogP contribution in [0.15, 0.2) is 43.0 Å². The van der Waals surface area contributed by atoms with Crippen molar-refractivity contribution in [3.8, 4) is 39.4 Å². The maximum Gasteiger partial charge on any atom is 0.433 e. The van der Waals surface area contributed by atoms with Crippen LogP contribution in [0.3, 0.4) is 0 Å². The monoisotopic (exact) mass is 596 g/mol. The number of benzene rings is 1. The number of amides is 1. The summed E-state index contributed by atoms with van der Waals surface area (Å²) in [5.41, 5.74) is 1.88. The fourth-order valence-electron chi connectivity index (χ4n) is 5.51. The third-order valence-corrected chi connectivity index (χ3v) is 7.52. The van der Waals surface area contributed by atoms with Gasteiger partial charge in [0.05, 0.1) is 42.9 Å². The van der Waals surface area contributed by atoms with Crippen molar-refractivity contribution in [2.24, 2.45) is 5.92 Å². The first-order valence-electron chi connectivity index (χ1n) is 14.3. The highest BCUT2D eigenvalue weighted by Gasteiger charge is 2.40. The summed E-state index contributed by atoms with van der Waals surface area (Å²) in [7, 11) is 1.47. The van der Waals surface area contributed by atoms with Gasteiger partial charge < -0.3 is 20.1 Å². The van der Waals surface area contributed by atoms with Crippen molar-refractivity contribution in [1.82, 2.24) is 30.0 Å². The molecule has 1 saturated carbocycles. The molecule has 3 aromatic heterocycles. The number of carbonyl (C=O) groups excluding carboxylic acids is 1. The van der Waals surface area contributed by atoms with E-state index in [1.54, 1.807) is 24.3 Å². The first-order chi connectivity index (χ1) is 20.5. The average molecular weight is 597 g/mol. The van der Waals surface area contributed by atoms with Gasteiger partial charge in [-0.15, -0.1) is 0 Å². The van der Waals surface area contributed by atoms with Crippen molar-refractivity contribution in [1.29, 1.82) is 0 Å². The predicted molar refractivity (Wildman–Crippen MR) is 155 cm³/mol. The minimum absolute atomic E-state index is 0.103. The van der Waals surface area contributed by atoms with E-state index in [0.29, 0.717) is 45.8 Å². The predicted octanol–water partition coefficient (Wildman–Crippen LogP) is 5.89. The first kappa shape index (κ1) is 30.3. The number of ether oxygens (including phenoxy) is 1. The van der Waals surface area contributed by atoms with Crippen LogP contribution in [0.5, 0.6) is 5.75 Å². The molecule has 1 atom stereocenters. The van der Waals surface area contributed by atoms with E-state index in [1.165, 1.54) is 26.6 Å². The summed E-state index contributed by atoms with van der Waals surface area (Å²) >= 11 is 0. The standard InChI is InChI=1S/C31H35F3N6O3/c1-17(2)13-24-25(20-9-6-10-21(28(20)43-4)30(42)38-19-7-5-8-19)26(23-11-12-35-16-36-23)27(39-24)22-14-37-40(15-18(3)41)29(22)31(32,33)34/h6,9-12,14,16-19,39,41H,5,7-8,13,15H2,1-4H3,(H,38,42). The molecule has 1 fully saturated rings. The lowest BCUT2D eigenvalue weighted by atomic mass is 9.90. The molecule has 5 rings (SSSR count). The van der Waals surface area contributed by atoms with Crippen molar-refractivity contribution >= 4 is 5.91 Å². The summed E-state index contributed by atoms with van der Waals surface area (Å²) in [6.07, 6.45) is 1.55. The van der Waals surface area contributed by atoms with Gasteiger partial charge in [-0.25, -0.2) is 9.97 Å². The Balaban J connectivity index is 1.81. The number of nitrogens with one attached hydrogen (secondary N) is 2. The molecule has 0 spiro atoms. The van der Waals surface area contributed by atoms with E-state index in [1.807, 2.05) is 13.8 Å². The largest absolute Gasteiger partial charge is 0.495 e. The number of H-pyrrole nitrogens is 1. The minimum Gasteiger partial charge on any atom is -0.495 e. The van der Waals surface area contributed by atoms with Crippen LogP contribution < -0.4 is 10.1 Å². The van der Waals surface area contributed by atoms with Gasteiger partial charge in [-0.3, -0.25) is 9.48 Å². The normalized spacial score (nSPS) is 14.5. The molecule has 0 aliphatic heterocycles. The number of alkyl halides is 3. The Hall–Kier alpha value is -4.19. The number of aliphatic hydroxyl groups excluding tert-OH is 1. The first-order valence-corrected chi connectivity index (χ1v) is 14.3. The fraction of sp³-hybridized carbons (Fsp3) is 0.419. The van der Waals surface area contributed by atoms with Gasteiger partial charge in [-0.2, -0.15) is 18.3 Å². The van der Waals surface area contributed by atoms with Crippen LogP contribution in [-0.4, -0.2) is 55.0 Å². The average Bonchev–Trinajstić information content (AvgIpc) is 3.51. The van der Waals surface area contributed by atoms with Crippen LogP contribution in [0.4, 0.5) is 13.2 Å². The van der Waals surface area contributed by atoms with Gasteiger partial charge in [0.25, 0.3) is 5.91 Å². The molecule has 1 aliphatic rings. The van der Waals surface area contributed by atoms with Crippen molar-refractivity contribution in [2.45, 2.75) is 71.3 Å². The third-order valence-electron chi connectivity index (χ3n) is 7.52. The molecule has 9 nitrogen and oxygen atoms in total. The van der Waals surface area contributed by atoms with Gasteiger partial charge in [-0.1, -0.05) is 26.0 Å². The Kier molecular flexibility index (Phi) is 8.59. The maximum atomic E-state index is 14.6. The van der Waals surface area contributed by atoms with Crippen LogP contribution in [0, 0.1) is 5.92 Å². The van der Waals surface area contributed by atoms with Crippen molar-refractivity contribution in [3.63, 3.8) is 0 Å². The summed E-state index contributed by atoms with van der Waals surface area (Å²) in [5, 5.41) is 17.0. The molecule has 1 aliphatic carbocycles. The highest BCUT2D eigenvalue weighted by atomic mass is 19.4. The highest BCUT2D eigenvalue weighted by molar-refractivity contribution is 6.02. The SMILES string of the molecule is COc1c(C(=O)NC2CCC2)cccc1-c1c(CC(C)C)[nH]c(-c2cnn(CC(C)O)c2C(F)(F)F)c1-c1ccncn1. The minimum atomic E-state index is -4.77. The molecular formula is C31H35F3N6O3. The van der Waals surface area contributed by atoms with E-state index in [0.717, 1.165) is 30.1 Å². The number of para-hydroxylation sites is 1. The van der Waals surface area contributed by atoms with Crippen LogP contribution in [0.2, 0.25) is 0 Å². The summed E-state index contributed by atoms with van der Waals surface area (Å²) in [4.78, 5) is 25.1. The Bertz CT molecular complexity index is 1590. The molecule has 4 aromatic rings. The number of halogens is 3. The molecule has 3 N–H and O–H groups in total. The summed E-state index contributed by atoms with van der Waals surface area (Å²) in [6, 6.07) is 6.94. The zero-order valence-electron chi connectivity index (χ0n) is 24.5. The second-order valence-corrected chi connectivity index (χ2v) is 11.3. The highest BCUT2D eigenvalue weighted by Crippen LogP contribution is 2.48. The molecule has 0 saturated heterocycles. The van der Waals surface area contributed by atoms with Gasteiger partial charge >= 0.3 is 6.18 Å². The molecule has 0 radical (unpaired) electrons. The van der Waals surface area contributed by atoms with Gasteiger partial charge in [0.15, 0.2) is 5.69 Å². The van der Waals surface area contributed by atoms with Crippen molar-refractivity contribution < 1.29 is 27.8 Å². The van der Waals surface area contributed by atoms with E-state index in [9.17, 15) is 23.1 Å². The number of aromatic amines is 1. The van der Waals surface area contributed by atoms with Gasteiger partial charge in [0, 0.05) is 40.2 Å². The van der Waals surface area contributed by atoms with Gasteiger partial charge in [0.2, 0.25) is 0 Å². The topological polar surface area (TPSA) is 118 Å². The number of aliphatic hydroxyl groups is 1. The van der Waals surface area contributed by atoms with Crippen molar-refractivity contribution in [2.75, 3.05) is 7.11 Å². The summed E-state index contributed by atoms with van der Waals surface area (Å²) in [6.45, 7) is 5.09. The quantitative estimate of drug-likeness (QED) is 0.210. The van der Waals surface area contributed by atoms with E-state index in [-0.39, 0.29) is 35.7 Å². The zero-order chi connectivity index (χ0) is 30.9. The van der Waals surface area contributed by atoms with E-state index in [4.69, 9.17) is 4.74 Å². The van der Waals surface area contributed by atoms with Gasteiger partial charge in [0.1, 0.15) is 12.1 Å². The lowest BCUT2D eigenvalue weighted by Gasteiger charge is -2.27. The fourth-order valence-corrected chi connectivity index (χ4v) is 5.51. The number of carbonyl (C=O) groups is 1. The molecule has 1 unspecified atom stereocenters. The molecule has 3 heterocycles. The molecule has 228 valence electrons. The Morgan fingerprint density at radius 1 is 1.19 bits per heavy atom. The van der Waals surface area contributed by atoms with Crippen LogP contribution >= 0.6 is 0 Å². The van der Waals surface area contributed by atoms with E-state index >= 15 is 0 Å². The second kappa shape index (κ2) is 12.2. The number of rotatable bonds is 10. The Morgan fingerprint density at radius 3 is 2.53 bits per heavy atom. The molecule has 0 bridgehead atoms. The second-order valence-electron chi connectivity index (χ2n) is 11.3. The molecule has 1 aromatic carbocycles. The number of hydrogen-bond donors (Lipinski definition) is 3. The number of aromatic nitrogens is 5. The maximum absolute atomic E-state index is 14.6. The molecule has 43 heavy (non-hydrogen) atoms. The number of methoxy groups -OCH3 is 1. The Labute approximate surface area is 247 Å². The molecule has 12 heteroatoms. The van der Waals surface area contributed by atoms with Crippen molar-refractivity contribution in [3.05, 3.63) is 59.9 Å². The lowest BCUT2D eigenvalue weighted by molar-refractivity contribution is -0.144.